The molecular weight excluding hydrogens is 454 g/mol. The number of ether oxygens (including phenoxy) is 1. The predicted octanol–water partition coefficient (Wildman–Crippen LogP) is 2.84. The third-order valence-electron chi connectivity index (χ3n) is 7.50. The zero-order valence-corrected chi connectivity index (χ0v) is 21.1. The molecule has 1 atom stereocenters. The van der Waals surface area contributed by atoms with Crippen LogP contribution >= 0.6 is 0 Å². The van der Waals surface area contributed by atoms with Crippen LogP contribution in [0.5, 0.6) is 0 Å². The fourth-order valence-corrected chi connectivity index (χ4v) is 5.70. The van der Waals surface area contributed by atoms with Crippen molar-refractivity contribution in [3.63, 3.8) is 0 Å². The van der Waals surface area contributed by atoms with Crippen LogP contribution in [0.2, 0.25) is 0 Å². The second kappa shape index (κ2) is 11.4. The van der Waals surface area contributed by atoms with Crippen molar-refractivity contribution < 1.29 is 9.53 Å². The molecule has 0 saturated carbocycles. The highest BCUT2D eigenvalue weighted by molar-refractivity contribution is 5.76. The quantitative estimate of drug-likeness (QED) is 0.375. The molecule has 36 heavy (non-hydrogen) atoms. The Kier molecular flexibility index (Phi) is 7.79. The van der Waals surface area contributed by atoms with Gasteiger partial charge in [0.15, 0.2) is 0 Å². The summed E-state index contributed by atoms with van der Waals surface area (Å²) in [5, 5.41) is 3.47. The van der Waals surface area contributed by atoms with Crippen molar-refractivity contribution in [2.45, 2.75) is 58.4 Å². The first-order chi connectivity index (χ1) is 17.6. The van der Waals surface area contributed by atoms with Crippen molar-refractivity contribution >= 4 is 5.97 Å². The summed E-state index contributed by atoms with van der Waals surface area (Å²) in [6.07, 6.45) is 10.4. The van der Waals surface area contributed by atoms with Gasteiger partial charge in [-0.1, -0.05) is 24.3 Å². The Hall–Kier alpha value is -3.01. The van der Waals surface area contributed by atoms with Crippen LogP contribution in [0, 0.1) is 5.41 Å². The lowest BCUT2D eigenvalue weighted by Crippen LogP contribution is -2.38. The molecule has 2 fully saturated rings. The number of benzene rings is 1. The van der Waals surface area contributed by atoms with Gasteiger partial charge in [0.2, 0.25) is 0 Å². The molecule has 1 spiro atoms. The first kappa shape index (κ1) is 24.7. The molecule has 192 valence electrons. The number of H-pyrrole nitrogens is 2. The van der Waals surface area contributed by atoms with Crippen molar-refractivity contribution in [2.75, 3.05) is 26.2 Å². The van der Waals surface area contributed by atoms with Gasteiger partial charge in [0, 0.05) is 44.4 Å². The Balaban J connectivity index is 1.25. The molecule has 0 amide bonds. The molecule has 4 heterocycles. The highest BCUT2D eigenvalue weighted by atomic mass is 16.5. The number of hydrogen-bond acceptors (Lipinski definition) is 7. The number of piperidine rings is 1. The minimum atomic E-state index is -0.153. The predicted molar refractivity (Wildman–Crippen MR) is 137 cm³/mol. The summed E-state index contributed by atoms with van der Waals surface area (Å²) in [6.45, 7) is 8.31. The number of esters is 1. The van der Waals surface area contributed by atoms with Crippen LogP contribution in [0.3, 0.4) is 0 Å². The number of nitrogens with zero attached hydrogens (tertiary/aromatic N) is 4. The van der Waals surface area contributed by atoms with Crippen LogP contribution in [0.25, 0.3) is 0 Å². The average molecular weight is 492 g/mol. The van der Waals surface area contributed by atoms with Crippen LogP contribution in [0.1, 0.15) is 49.0 Å². The van der Waals surface area contributed by atoms with E-state index in [1.165, 1.54) is 11.1 Å². The van der Waals surface area contributed by atoms with Crippen molar-refractivity contribution in [1.29, 1.82) is 0 Å². The third-order valence-corrected chi connectivity index (χ3v) is 7.50. The third kappa shape index (κ3) is 6.03. The number of carbonyl (C=O) groups is 1. The highest BCUT2D eigenvalue weighted by Crippen LogP contribution is 2.42. The van der Waals surface area contributed by atoms with E-state index in [2.05, 4.69) is 59.3 Å². The van der Waals surface area contributed by atoms with Gasteiger partial charge in [-0.2, -0.15) is 0 Å². The van der Waals surface area contributed by atoms with E-state index < -0.39 is 0 Å². The number of likely N-dealkylation sites (tertiary alicyclic amines) is 1. The maximum Gasteiger partial charge on any atom is 0.323 e. The average Bonchev–Trinajstić information content (AvgIpc) is 3.64. The number of rotatable bonds is 10. The van der Waals surface area contributed by atoms with E-state index in [1.54, 1.807) is 12.4 Å². The molecule has 2 aliphatic heterocycles. The molecule has 3 N–H and O–H groups in total. The van der Waals surface area contributed by atoms with E-state index in [4.69, 9.17) is 4.74 Å². The summed E-state index contributed by atoms with van der Waals surface area (Å²) < 4.78 is 5.46. The monoisotopic (exact) mass is 491 g/mol. The number of nitrogens with one attached hydrogen (secondary N) is 3. The van der Waals surface area contributed by atoms with E-state index in [0.717, 1.165) is 63.6 Å². The second-order valence-corrected chi connectivity index (χ2v) is 10.2. The minimum absolute atomic E-state index is 0.0731. The summed E-state index contributed by atoms with van der Waals surface area (Å²) in [5.74, 6) is 1.80. The van der Waals surface area contributed by atoms with Gasteiger partial charge in [0.05, 0.1) is 19.7 Å². The molecule has 9 heteroatoms. The molecule has 1 aromatic carbocycles. The Bertz CT molecular complexity index is 1040. The lowest BCUT2D eigenvalue weighted by Gasteiger charge is -2.33. The summed E-state index contributed by atoms with van der Waals surface area (Å²) in [7, 11) is 0. The fraction of sp³-hybridized carbons (Fsp3) is 0.519. The van der Waals surface area contributed by atoms with Crippen LogP contribution in [0.4, 0.5) is 0 Å². The molecule has 3 aromatic rings. The number of carbonyl (C=O) groups excluding carboxylic acids is 1. The smallest absolute Gasteiger partial charge is 0.323 e. The van der Waals surface area contributed by atoms with Gasteiger partial charge in [0.25, 0.3) is 0 Å². The van der Waals surface area contributed by atoms with Crippen molar-refractivity contribution in [3.8, 4) is 0 Å². The van der Waals surface area contributed by atoms with Crippen LogP contribution in [-0.4, -0.2) is 68.0 Å². The maximum absolute atomic E-state index is 12.8. The first-order valence-corrected chi connectivity index (χ1v) is 13.0. The fourth-order valence-electron chi connectivity index (χ4n) is 5.70. The summed E-state index contributed by atoms with van der Waals surface area (Å²) in [5.41, 5.74) is 2.68. The van der Waals surface area contributed by atoms with Crippen molar-refractivity contribution in [2.24, 2.45) is 5.41 Å². The Morgan fingerprint density at radius 3 is 2.25 bits per heavy atom. The van der Waals surface area contributed by atoms with Gasteiger partial charge in [-0.25, -0.2) is 9.97 Å². The van der Waals surface area contributed by atoms with E-state index in [0.29, 0.717) is 19.7 Å². The van der Waals surface area contributed by atoms with E-state index in [1.807, 2.05) is 19.3 Å². The minimum Gasteiger partial charge on any atom is -0.465 e. The van der Waals surface area contributed by atoms with Crippen LogP contribution < -0.4 is 5.32 Å². The van der Waals surface area contributed by atoms with E-state index in [-0.39, 0.29) is 17.4 Å². The van der Waals surface area contributed by atoms with Gasteiger partial charge in [-0.15, -0.1) is 0 Å². The Morgan fingerprint density at radius 2 is 1.67 bits per heavy atom. The summed E-state index contributed by atoms with van der Waals surface area (Å²) in [6, 6.07) is 8.64. The molecule has 2 saturated heterocycles. The lowest BCUT2D eigenvalue weighted by molar-refractivity contribution is -0.148. The summed E-state index contributed by atoms with van der Waals surface area (Å²) >= 11 is 0. The van der Waals surface area contributed by atoms with Gasteiger partial charge in [-0.3, -0.25) is 14.6 Å². The van der Waals surface area contributed by atoms with E-state index in [9.17, 15) is 4.79 Å². The Morgan fingerprint density at radius 1 is 1.03 bits per heavy atom. The number of aromatic amines is 2. The molecule has 2 aromatic heterocycles. The first-order valence-electron chi connectivity index (χ1n) is 13.0. The van der Waals surface area contributed by atoms with Gasteiger partial charge in [0.1, 0.15) is 17.7 Å². The largest absolute Gasteiger partial charge is 0.465 e. The maximum atomic E-state index is 12.8. The molecule has 9 nitrogen and oxygen atoms in total. The zero-order valence-electron chi connectivity index (χ0n) is 21.1. The molecule has 0 bridgehead atoms. The zero-order chi connectivity index (χ0) is 24.8. The highest BCUT2D eigenvalue weighted by Gasteiger charge is 2.47. The Labute approximate surface area is 212 Å². The van der Waals surface area contributed by atoms with Gasteiger partial charge in [-0.05, 0) is 55.8 Å². The van der Waals surface area contributed by atoms with Gasteiger partial charge < -0.3 is 20.0 Å². The molecular formula is C27H37N7O2. The second-order valence-electron chi connectivity index (χ2n) is 10.2. The van der Waals surface area contributed by atoms with Gasteiger partial charge >= 0.3 is 5.97 Å². The molecule has 0 aliphatic carbocycles. The molecule has 5 rings (SSSR count). The lowest BCUT2D eigenvalue weighted by atomic mass is 9.77. The number of imidazole rings is 2. The SMILES string of the molecule is CCOC(=O)C1CC2(CCNCC2)CN1Cc1ccc(CN(Cc2ncc[nH]2)Cc2ncc[nH]2)cc1. The standard InChI is InChI=1S/C27H37N7O2/c1-2-36-26(35)23-15-27(7-9-28-10-8-27)20-34(23)17-22-5-3-21(4-6-22)16-33(18-24-29-11-12-30-24)19-25-31-13-14-32-25/h3-6,11-14,23,28H,2,7-10,15-20H2,1H3,(H,29,30)(H,31,32). The molecule has 0 radical (unpaired) electrons. The van der Waals surface area contributed by atoms with E-state index >= 15 is 0 Å². The van der Waals surface area contributed by atoms with Crippen molar-refractivity contribution in [3.05, 3.63) is 71.8 Å². The normalized spacial score (nSPS) is 19.8. The molecule has 1 unspecified atom stereocenters. The molecule has 2 aliphatic rings. The van der Waals surface area contributed by atoms with Crippen LogP contribution in [0.15, 0.2) is 49.1 Å². The topological polar surface area (TPSA) is 102 Å². The number of aromatic nitrogens is 4. The number of hydrogen-bond donors (Lipinski definition) is 3. The summed E-state index contributed by atoms with van der Waals surface area (Å²) in [4.78, 5) is 32.6. The van der Waals surface area contributed by atoms with Crippen LogP contribution in [-0.2, 0) is 35.7 Å². The van der Waals surface area contributed by atoms with Crippen molar-refractivity contribution in [1.82, 2.24) is 35.1 Å².